The van der Waals surface area contributed by atoms with Gasteiger partial charge in [0.1, 0.15) is 0 Å². The van der Waals surface area contributed by atoms with Crippen LogP contribution in [-0.2, 0) is 19.1 Å². The van der Waals surface area contributed by atoms with E-state index in [2.05, 4.69) is 4.90 Å². The highest BCUT2D eigenvalue weighted by Gasteiger charge is 2.59. The number of rotatable bonds is 4. The van der Waals surface area contributed by atoms with Crippen LogP contribution in [0.5, 0.6) is 0 Å². The molecule has 2 fully saturated rings. The summed E-state index contributed by atoms with van der Waals surface area (Å²) in [5, 5.41) is 0. The van der Waals surface area contributed by atoms with Gasteiger partial charge in [-0.15, -0.1) is 12.4 Å². The number of methoxy groups -OCH3 is 2. The van der Waals surface area contributed by atoms with Crippen molar-refractivity contribution in [3.05, 3.63) is 0 Å². The van der Waals surface area contributed by atoms with Crippen LogP contribution in [-0.4, -0.2) is 55.2 Å². The Balaban J connectivity index is 0.00000220. The molecule has 2 bridgehead atoms. The average molecular weight is 321 g/mol. The molecule has 0 amide bonds. The van der Waals surface area contributed by atoms with Gasteiger partial charge in [0.05, 0.1) is 26.1 Å². The maximum Gasteiger partial charge on any atom is 0.311 e. The number of halogens is 1. The molecule has 2 heterocycles. The highest BCUT2D eigenvalue weighted by atomic mass is 35.5. The molecule has 2 rings (SSSR count). The number of hydrogen-bond donors (Lipinski definition) is 1. The minimum Gasteiger partial charge on any atom is -0.469 e. The second kappa shape index (κ2) is 6.50. The van der Waals surface area contributed by atoms with Gasteiger partial charge < -0.3 is 15.2 Å². The maximum atomic E-state index is 12.1. The van der Waals surface area contributed by atoms with Crippen molar-refractivity contribution in [1.82, 2.24) is 4.90 Å². The molecule has 4 unspecified atom stereocenters. The number of ether oxygens (including phenoxy) is 2. The molecule has 7 heteroatoms. The summed E-state index contributed by atoms with van der Waals surface area (Å²) in [6.07, 6.45) is 1.79. The van der Waals surface area contributed by atoms with E-state index in [1.165, 1.54) is 14.2 Å². The van der Waals surface area contributed by atoms with E-state index < -0.39 is 11.8 Å². The van der Waals surface area contributed by atoms with Gasteiger partial charge in [-0.05, 0) is 26.7 Å². The Morgan fingerprint density at radius 1 is 1.10 bits per heavy atom. The SMILES string of the molecule is COC(=O)C1C(C(=O)OC)C2CCC1N2CC(C)(C)N.Cl. The van der Waals surface area contributed by atoms with Crippen LogP contribution < -0.4 is 5.73 Å². The third kappa shape index (κ3) is 3.33. The summed E-state index contributed by atoms with van der Waals surface area (Å²) in [5.41, 5.74) is 5.73. The van der Waals surface area contributed by atoms with Gasteiger partial charge in [0.2, 0.25) is 0 Å². The van der Waals surface area contributed by atoms with Crippen LogP contribution in [0.3, 0.4) is 0 Å². The average Bonchev–Trinajstić information content (AvgIpc) is 2.89. The van der Waals surface area contributed by atoms with E-state index in [1.807, 2.05) is 13.8 Å². The van der Waals surface area contributed by atoms with Crippen molar-refractivity contribution < 1.29 is 19.1 Å². The lowest BCUT2D eigenvalue weighted by Gasteiger charge is -2.30. The minimum absolute atomic E-state index is 0. The Kier molecular flexibility index (Phi) is 5.63. The first-order chi connectivity index (χ1) is 9.30. The third-order valence-electron chi connectivity index (χ3n) is 4.36. The summed E-state index contributed by atoms with van der Waals surface area (Å²) in [6.45, 7) is 4.55. The first-order valence-corrected chi connectivity index (χ1v) is 7.00. The summed E-state index contributed by atoms with van der Waals surface area (Å²) in [7, 11) is 2.72. The lowest BCUT2D eigenvalue weighted by molar-refractivity contribution is -0.157. The summed E-state index contributed by atoms with van der Waals surface area (Å²) in [4.78, 5) is 26.3. The largest absolute Gasteiger partial charge is 0.469 e. The van der Waals surface area contributed by atoms with Crippen LogP contribution >= 0.6 is 12.4 Å². The maximum absolute atomic E-state index is 12.1. The molecule has 2 aliphatic heterocycles. The van der Waals surface area contributed by atoms with Crippen LogP contribution in [0.25, 0.3) is 0 Å². The van der Waals surface area contributed by atoms with Crippen molar-refractivity contribution in [1.29, 1.82) is 0 Å². The predicted molar refractivity (Wildman–Crippen MR) is 80.0 cm³/mol. The molecular weight excluding hydrogens is 296 g/mol. The van der Waals surface area contributed by atoms with E-state index in [9.17, 15) is 9.59 Å². The number of nitrogens with zero attached hydrogens (tertiary/aromatic N) is 1. The van der Waals surface area contributed by atoms with E-state index >= 15 is 0 Å². The Hall–Kier alpha value is -0.850. The van der Waals surface area contributed by atoms with Crippen molar-refractivity contribution in [3.63, 3.8) is 0 Å². The van der Waals surface area contributed by atoms with Gasteiger partial charge in [0.25, 0.3) is 0 Å². The Bertz CT molecular complexity index is 380. The number of hydrogen-bond acceptors (Lipinski definition) is 6. The molecule has 2 aliphatic rings. The zero-order chi connectivity index (χ0) is 15.1. The van der Waals surface area contributed by atoms with Gasteiger partial charge in [0, 0.05) is 24.2 Å². The molecule has 122 valence electrons. The second-order valence-corrected chi connectivity index (χ2v) is 6.47. The smallest absolute Gasteiger partial charge is 0.311 e. The van der Waals surface area contributed by atoms with Crippen LogP contribution in [0.4, 0.5) is 0 Å². The molecule has 2 N–H and O–H groups in total. The first kappa shape index (κ1) is 18.2. The molecular formula is C14H25ClN2O4. The molecule has 2 saturated heterocycles. The van der Waals surface area contributed by atoms with Gasteiger partial charge in [-0.1, -0.05) is 0 Å². The fourth-order valence-electron chi connectivity index (χ4n) is 3.75. The highest BCUT2D eigenvalue weighted by Crippen LogP contribution is 2.47. The first-order valence-electron chi connectivity index (χ1n) is 7.00. The number of carbonyl (C=O) groups excluding carboxylic acids is 2. The molecule has 0 aromatic heterocycles. The lowest BCUT2D eigenvalue weighted by atomic mass is 9.79. The summed E-state index contributed by atoms with van der Waals surface area (Å²) in [6, 6.07) is 0.0544. The van der Waals surface area contributed by atoms with E-state index in [0.717, 1.165) is 12.8 Å². The van der Waals surface area contributed by atoms with Crippen LogP contribution in [0, 0.1) is 11.8 Å². The van der Waals surface area contributed by atoms with Crippen molar-refractivity contribution in [2.24, 2.45) is 17.6 Å². The number of nitrogens with two attached hydrogens (primary N) is 1. The van der Waals surface area contributed by atoms with Crippen LogP contribution in [0.2, 0.25) is 0 Å². The van der Waals surface area contributed by atoms with Gasteiger partial charge in [-0.3, -0.25) is 14.5 Å². The van der Waals surface area contributed by atoms with E-state index in [0.29, 0.717) is 6.54 Å². The summed E-state index contributed by atoms with van der Waals surface area (Å²) < 4.78 is 9.77. The molecule has 0 aromatic carbocycles. The molecule has 21 heavy (non-hydrogen) atoms. The van der Waals surface area contributed by atoms with E-state index in [-0.39, 0.29) is 42.0 Å². The predicted octanol–water partition coefficient (Wildman–Crippen LogP) is 0.570. The molecule has 6 nitrogen and oxygen atoms in total. The zero-order valence-corrected chi connectivity index (χ0v) is 13.8. The Morgan fingerprint density at radius 3 is 1.76 bits per heavy atom. The molecule has 0 spiro atoms. The molecule has 0 saturated carbocycles. The molecule has 0 aromatic rings. The highest BCUT2D eigenvalue weighted by molar-refractivity contribution is 5.85. The van der Waals surface area contributed by atoms with Crippen molar-refractivity contribution in [3.8, 4) is 0 Å². The van der Waals surface area contributed by atoms with Crippen LogP contribution in [0.1, 0.15) is 26.7 Å². The van der Waals surface area contributed by atoms with Gasteiger partial charge in [0.15, 0.2) is 0 Å². The molecule has 0 aliphatic carbocycles. The minimum atomic E-state index is -0.437. The Morgan fingerprint density at radius 2 is 1.48 bits per heavy atom. The van der Waals surface area contributed by atoms with Gasteiger partial charge in [-0.25, -0.2) is 0 Å². The van der Waals surface area contributed by atoms with Gasteiger partial charge >= 0.3 is 11.9 Å². The topological polar surface area (TPSA) is 81.9 Å². The van der Waals surface area contributed by atoms with Crippen molar-refractivity contribution in [2.75, 3.05) is 20.8 Å². The summed E-state index contributed by atoms with van der Waals surface area (Å²) >= 11 is 0. The zero-order valence-electron chi connectivity index (χ0n) is 13.0. The van der Waals surface area contributed by atoms with Crippen molar-refractivity contribution >= 4 is 24.3 Å². The lowest BCUT2D eigenvalue weighted by Crippen LogP contribution is -2.48. The Labute approximate surface area is 131 Å². The van der Waals surface area contributed by atoms with Crippen molar-refractivity contribution in [2.45, 2.75) is 44.3 Å². The number of carbonyl (C=O) groups is 2. The fraction of sp³-hybridized carbons (Fsp3) is 0.857. The normalized spacial score (nSPS) is 31.7. The quantitative estimate of drug-likeness (QED) is 0.763. The molecule has 4 atom stereocenters. The van der Waals surface area contributed by atoms with E-state index in [4.69, 9.17) is 15.2 Å². The number of esters is 2. The fourth-order valence-corrected chi connectivity index (χ4v) is 3.75. The second-order valence-electron chi connectivity index (χ2n) is 6.47. The molecule has 0 radical (unpaired) electrons. The van der Waals surface area contributed by atoms with Gasteiger partial charge in [-0.2, -0.15) is 0 Å². The van der Waals surface area contributed by atoms with E-state index in [1.54, 1.807) is 0 Å². The monoisotopic (exact) mass is 320 g/mol. The standard InChI is InChI=1S/C14H24N2O4.ClH/c1-14(2,15)7-16-8-5-6-9(16)11(13(18)20-4)10(8)12(17)19-3;/h8-11H,5-7,15H2,1-4H3;1H. The van der Waals surface area contributed by atoms with Crippen LogP contribution in [0.15, 0.2) is 0 Å². The number of fused-ring (bicyclic) bond motifs is 2. The summed E-state index contributed by atoms with van der Waals surface area (Å²) in [5.74, 6) is -1.53. The third-order valence-corrected chi connectivity index (χ3v) is 4.36.